The molecule has 0 bridgehead atoms. The third-order valence-corrected chi connectivity index (χ3v) is 7.72. The molecule has 1 unspecified atom stereocenters. The SMILES string of the molecule is CCCCCCCCCOC(C)C(=O)Oc1ccc(-c2ccc(OC(=O)/C(C#N)=C/c3ccc(OCCCCCC)cc3)cc2)cc1. The number of carbonyl (C=O) groups excluding carboxylic acids is 2. The molecule has 0 saturated carbocycles. The van der Waals surface area contributed by atoms with E-state index in [1.165, 1.54) is 51.0 Å². The van der Waals surface area contributed by atoms with Crippen LogP contribution in [0.3, 0.4) is 0 Å². The van der Waals surface area contributed by atoms with Crippen molar-refractivity contribution in [3.8, 4) is 34.4 Å². The minimum Gasteiger partial charge on any atom is -0.494 e. The Hall–Kier alpha value is -4.41. The van der Waals surface area contributed by atoms with Crippen molar-refractivity contribution in [1.82, 2.24) is 0 Å². The molecule has 1 atom stereocenters. The Morgan fingerprint density at radius 3 is 1.72 bits per heavy atom. The van der Waals surface area contributed by atoms with E-state index in [4.69, 9.17) is 18.9 Å². The second kappa shape index (κ2) is 21.4. The normalized spacial score (nSPS) is 11.8. The molecular formula is C40H49NO6. The van der Waals surface area contributed by atoms with Gasteiger partial charge in [0.2, 0.25) is 0 Å². The number of hydrogen-bond donors (Lipinski definition) is 0. The fraction of sp³-hybridized carbons (Fsp3) is 0.425. The Bertz CT molecular complexity index is 1420. The van der Waals surface area contributed by atoms with Gasteiger partial charge in [0.15, 0.2) is 6.10 Å². The van der Waals surface area contributed by atoms with Crippen LogP contribution in [0.25, 0.3) is 17.2 Å². The van der Waals surface area contributed by atoms with Crippen molar-refractivity contribution in [2.45, 2.75) is 97.5 Å². The summed E-state index contributed by atoms with van der Waals surface area (Å²) in [5.41, 5.74) is 2.38. The average molecular weight is 640 g/mol. The molecule has 7 nitrogen and oxygen atoms in total. The molecule has 0 aliphatic carbocycles. The van der Waals surface area contributed by atoms with Crippen LogP contribution in [-0.2, 0) is 14.3 Å². The Morgan fingerprint density at radius 1 is 0.660 bits per heavy atom. The van der Waals surface area contributed by atoms with E-state index in [1.807, 2.05) is 42.5 Å². The number of nitrogens with zero attached hydrogens (tertiary/aromatic N) is 1. The standard InChI is InChI=1S/C40H49NO6/c1-4-6-8-10-11-12-14-27-44-31(3)39(42)46-37-23-17-33(18-24-37)34-19-25-38(26-20-34)47-40(43)35(30-41)29-32-15-21-36(22-16-32)45-28-13-9-7-5-2/h15-26,29,31H,4-14,27-28H2,1-3H3/b35-29+. The van der Waals surface area contributed by atoms with E-state index < -0.39 is 18.0 Å². The van der Waals surface area contributed by atoms with Crippen molar-refractivity contribution in [2.24, 2.45) is 0 Å². The minimum absolute atomic E-state index is 0.107. The third kappa shape index (κ3) is 13.9. The molecule has 0 N–H and O–H groups in total. The fourth-order valence-electron chi connectivity index (χ4n) is 4.86. The van der Waals surface area contributed by atoms with Gasteiger partial charge in [0.1, 0.15) is 28.9 Å². The van der Waals surface area contributed by atoms with Crippen LogP contribution >= 0.6 is 0 Å². The van der Waals surface area contributed by atoms with Crippen LogP contribution < -0.4 is 14.2 Å². The second-order valence-corrected chi connectivity index (χ2v) is 11.6. The highest BCUT2D eigenvalue weighted by Crippen LogP contribution is 2.26. The highest BCUT2D eigenvalue weighted by molar-refractivity contribution is 5.99. The lowest BCUT2D eigenvalue weighted by atomic mass is 10.1. The molecule has 0 aliphatic rings. The summed E-state index contributed by atoms with van der Waals surface area (Å²) in [4.78, 5) is 25.2. The van der Waals surface area contributed by atoms with Crippen LogP contribution in [0.1, 0.15) is 97.0 Å². The first-order chi connectivity index (χ1) is 22.9. The molecule has 0 amide bonds. The summed E-state index contributed by atoms with van der Waals surface area (Å²) in [5, 5.41) is 9.58. The topological polar surface area (TPSA) is 94.9 Å². The van der Waals surface area contributed by atoms with Gasteiger partial charge in [0.05, 0.1) is 6.61 Å². The van der Waals surface area contributed by atoms with Crippen molar-refractivity contribution >= 4 is 18.0 Å². The molecule has 0 radical (unpaired) electrons. The molecule has 0 spiro atoms. The van der Waals surface area contributed by atoms with E-state index >= 15 is 0 Å². The van der Waals surface area contributed by atoms with Crippen molar-refractivity contribution in [3.63, 3.8) is 0 Å². The smallest absolute Gasteiger partial charge is 0.354 e. The first-order valence-electron chi connectivity index (χ1n) is 17.0. The number of unbranched alkanes of at least 4 members (excludes halogenated alkanes) is 9. The molecule has 3 aromatic rings. The van der Waals surface area contributed by atoms with Crippen molar-refractivity contribution in [3.05, 3.63) is 83.9 Å². The lowest BCUT2D eigenvalue weighted by Gasteiger charge is -2.13. The van der Waals surface area contributed by atoms with Gasteiger partial charge in [-0.05, 0) is 78.9 Å². The Kier molecular flexibility index (Phi) is 16.9. The van der Waals surface area contributed by atoms with Gasteiger partial charge in [-0.3, -0.25) is 0 Å². The van der Waals surface area contributed by atoms with Crippen molar-refractivity contribution in [1.29, 1.82) is 5.26 Å². The maximum atomic E-state index is 12.7. The van der Waals surface area contributed by atoms with E-state index in [0.717, 1.165) is 42.6 Å². The number of hydrogen-bond acceptors (Lipinski definition) is 7. The summed E-state index contributed by atoms with van der Waals surface area (Å²) in [6.45, 7) is 7.31. The van der Waals surface area contributed by atoms with Gasteiger partial charge in [-0.1, -0.05) is 108 Å². The zero-order chi connectivity index (χ0) is 33.7. The molecule has 0 saturated heterocycles. The quantitative estimate of drug-likeness (QED) is 0.0376. The molecule has 7 heteroatoms. The lowest BCUT2D eigenvalue weighted by Crippen LogP contribution is -2.26. The summed E-state index contributed by atoms with van der Waals surface area (Å²) in [6, 6.07) is 23.4. The molecule has 0 fully saturated rings. The number of benzene rings is 3. The molecule has 3 aromatic carbocycles. The molecule has 0 aliphatic heterocycles. The summed E-state index contributed by atoms with van der Waals surface area (Å²) in [7, 11) is 0. The Balaban J connectivity index is 1.45. The van der Waals surface area contributed by atoms with Gasteiger partial charge in [0, 0.05) is 6.61 Å². The molecule has 0 heterocycles. The number of nitriles is 1. The number of ether oxygens (including phenoxy) is 4. The van der Waals surface area contributed by atoms with Gasteiger partial charge in [-0.2, -0.15) is 5.26 Å². The van der Waals surface area contributed by atoms with Gasteiger partial charge in [0.25, 0.3) is 0 Å². The molecule has 3 rings (SSSR count). The Morgan fingerprint density at radius 2 is 1.15 bits per heavy atom. The summed E-state index contributed by atoms with van der Waals surface area (Å²) < 4.78 is 22.4. The Labute approximate surface area is 280 Å². The minimum atomic E-state index is -0.733. The molecule has 47 heavy (non-hydrogen) atoms. The van der Waals surface area contributed by atoms with Gasteiger partial charge < -0.3 is 18.9 Å². The van der Waals surface area contributed by atoms with E-state index in [0.29, 0.717) is 30.3 Å². The van der Waals surface area contributed by atoms with E-state index in [1.54, 1.807) is 43.3 Å². The summed E-state index contributed by atoms with van der Waals surface area (Å²) >= 11 is 0. The molecule has 0 aromatic heterocycles. The van der Waals surface area contributed by atoms with E-state index in [9.17, 15) is 14.9 Å². The van der Waals surface area contributed by atoms with Gasteiger partial charge >= 0.3 is 11.9 Å². The number of carbonyl (C=O) groups is 2. The van der Waals surface area contributed by atoms with Crippen molar-refractivity contribution in [2.75, 3.05) is 13.2 Å². The highest BCUT2D eigenvalue weighted by atomic mass is 16.6. The van der Waals surface area contributed by atoms with Crippen LogP contribution in [0.5, 0.6) is 17.2 Å². The largest absolute Gasteiger partial charge is 0.494 e. The van der Waals surface area contributed by atoms with E-state index in [-0.39, 0.29) is 5.57 Å². The monoisotopic (exact) mass is 639 g/mol. The predicted molar refractivity (Wildman–Crippen MR) is 186 cm³/mol. The third-order valence-electron chi connectivity index (χ3n) is 7.72. The zero-order valence-electron chi connectivity index (χ0n) is 28.2. The average Bonchev–Trinajstić information content (AvgIpc) is 3.09. The van der Waals surface area contributed by atoms with Crippen LogP contribution in [-0.4, -0.2) is 31.3 Å². The molecular weight excluding hydrogens is 590 g/mol. The van der Waals surface area contributed by atoms with Crippen molar-refractivity contribution < 1.29 is 28.5 Å². The lowest BCUT2D eigenvalue weighted by molar-refractivity contribution is -0.146. The first-order valence-corrected chi connectivity index (χ1v) is 17.0. The maximum absolute atomic E-state index is 12.7. The van der Waals surface area contributed by atoms with Crippen LogP contribution in [0.4, 0.5) is 0 Å². The van der Waals surface area contributed by atoms with Crippen LogP contribution in [0, 0.1) is 11.3 Å². The van der Waals surface area contributed by atoms with E-state index in [2.05, 4.69) is 13.8 Å². The molecule has 250 valence electrons. The highest BCUT2D eigenvalue weighted by Gasteiger charge is 2.16. The summed E-state index contributed by atoms with van der Waals surface area (Å²) in [5.74, 6) is 0.364. The van der Waals surface area contributed by atoms with Crippen LogP contribution in [0.2, 0.25) is 0 Å². The zero-order valence-corrected chi connectivity index (χ0v) is 28.2. The second-order valence-electron chi connectivity index (χ2n) is 11.6. The number of rotatable bonds is 21. The maximum Gasteiger partial charge on any atom is 0.354 e. The first kappa shape index (κ1) is 37.1. The predicted octanol–water partition coefficient (Wildman–Crippen LogP) is 9.89. The van der Waals surface area contributed by atoms with Gasteiger partial charge in [-0.15, -0.1) is 0 Å². The fourth-order valence-corrected chi connectivity index (χ4v) is 4.86. The number of esters is 2. The van der Waals surface area contributed by atoms with Crippen LogP contribution in [0.15, 0.2) is 78.4 Å². The van der Waals surface area contributed by atoms with Gasteiger partial charge in [-0.25, -0.2) is 9.59 Å². The summed E-state index contributed by atoms with van der Waals surface area (Å²) in [6.07, 6.45) is 13.7.